The molecule has 214 valence electrons. The van der Waals surface area contributed by atoms with Gasteiger partial charge >= 0.3 is 12.1 Å². The minimum Gasteiger partial charge on any atom is -0.493 e. The van der Waals surface area contributed by atoms with Crippen LogP contribution >= 0.6 is 0 Å². The first kappa shape index (κ1) is 26.9. The van der Waals surface area contributed by atoms with E-state index in [1.54, 1.807) is 52.1 Å². The Balaban J connectivity index is 1.35. The fourth-order valence-corrected chi connectivity index (χ4v) is 7.44. The maximum Gasteiger partial charge on any atom is 0.509 e. The van der Waals surface area contributed by atoms with Gasteiger partial charge < -0.3 is 33.7 Å². The van der Waals surface area contributed by atoms with Crippen LogP contribution in [0.1, 0.15) is 62.8 Å². The van der Waals surface area contributed by atoms with Gasteiger partial charge in [0.1, 0.15) is 17.8 Å². The van der Waals surface area contributed by atoms with E-state index in [0.29, 0.717) is 42.7 Å². The van der Waals surface area contributed by atoms with Gasteiger partial charge in [0.2, 0.25) is 6.10 Å². The summed E-state index contributed by atoms with van der Waals surface area (Å²) in [6.45, 7) is 5.95. The number of methoxy groups -OCH3 is 1. The van der Waals surface area contributed by atoms with E-state index in [2.05, 4.69) is 18.0 Å². The molecule has 2 heterocycles. The van der Waals surface area contributed by atoms with E-state index in [1.165, 1.54) is 0 Å². The zero-order chi connectivity index (χ0) is 28.4. The number of likely N-dealkylation sites (tertiary alicyclic amines) is 1. The van der Waals surface area contributed by atoms with Crippen LogP contribution < -0.4 is 9.47 Å². The molecule has 0 aromatic heterocycles. The zero-order valence-corrected chi connectivity index (χ0v) is 23.6. The Morgan fingerprint density at radius 3 is 2.58 bits per heavy atom. The first-order valence-electron chi connectivity index (χ1n) is 13.9. The molecule has 2 aliphatic heterocycles. The van der Waals surface area contributed by atoms with Gasteiger partial charge in [-0.2, -0.15) is 0 Å². The van der Waals surface area contributed by atoms with E-state index in [-0.39, 0.29) is 6.04 Å². The molecule has 0 radical (unpaired) electrons. The first-order chi connectivity index (χ1) is 19.0. The Hall–Kier alpha value is -3.30. The van der Waals surface area contributed by atoms with Crippen molar-refractivity contribution in [3.63, 3.8) is 0 Å². The van der Waals surface area contributed by atoms with Crippen molar-refractivity contribution >= 4 is 12.1 Å². The second-order valence-corrected chi connectivity index (χ2v) is 12.4. The predicted octanol–water partition coefficient (Wildman–Crippen LogP) is 4.08. The van der Waals surface area contributed by atoms with Crippen molar-refractivity contribution < 1.29 is 38.4 Å². The molecule has 2 fully saturated rings. The highest BCUT2D eigenvalue weighted by atomic mass is 16.7. The van der Waals surface area contributed by atoms with Crippen LogP contribution in [0.25, 0.3) is 0 Å². The summed E-state index contributed by atoms with van der Waals surface area (Å²) in [7, 11) is 3.66. The molecule has 1 N–H and O–H groups in total. The van der Waals surface area contributed by atoms with Gasteiger partial charge in [-0.1, -0.05) is 36.4 Å². The lowest BCUT2D eigenvalue weighted by Crippen LogP contribution is -2.76. The van der Waals surface area contributed by atoms with Crippen molar-refractivity contribution in [2.75, 3.05) is 20.7 Å². The summed E-state index contributed by atoms with van der Waals surface area (Å²) in [5.41, 5.74) is -0.0130. The molecule has 0 amide bonds. The largest absolute Gasteiger partial charge is 0.509 e. The number of likely N-dealkylation sites (N-methyl/N-ethyl adjacent to an activating group) is 1. The first-order valence-corrected chi connectivity index (χ1v) is 13.9. The number of esters is 1. The molecule has 4 aliphatic rings. The van der Waals surface area contributed by atoms with E-state index < -0.39 is 47.1 Å². The maximum atomic E-state index is 13.8. The summed E-state index contributed by atoms with van der Waals surface area (Å²) in [4.78, 5) is 28.6. The van der Waals surface area contributed by atoms with Gasteiger partial charge in [0.05, 0.1) is 18.1 Å². The van der Waals surface area contributed by atoms with Gasteiger partial charge in [-0.25, -0.2) is 9.59 Å². The summed E-state index contributed by atoms with van der Waals surface area (Å²) in [5.74, 6) is 0.512. The molecule has 2 bridgehead atoms. The third-order valence-corrected chi connectivity index (χ3v) is 9.07. The van der Waals surface area contributed by atoms with Crippen molar-refractivity contribution in [3.05, 3.63) is 59.2 Å². The lowest BCUT2D eigenvalue weighted by atomic mass is 9.48. The number of carbonyl (C=O) groups is 2. The Morgan fingerprint density at radius 1 is 1.12 bits per heavy atom. The molecule has 9 heteroatoms. The number of ether oxygens (including phenoxy) is 5. The fourth-order valence-electron chi connectivity index (χ4n) is 7.44. The molecular weight excluding hydrogens is 514 g/mol. The number of benzene rings is 2. The molecule has 1 unspecified atom stereocenters. The Bertz CT molecular complexity index is 1320. The zero-order valence-electron chi connectivity index (χ0n) is 23.6. The van der Waals surface area contributed by atoms with E-state index in [0.717, 1.165) is 17.7 Å². The van der Waals surface area contributed by atoms with Crippen LogP contribution in [-0.2, 0) is 30.8 Å². The molecule has 2 aromatic carbocycles. The molecule has 6 rings (SSSR count). The van der Waals surface area contributed by atoms with Crippen molar-refractivity contribution in [3.8, 4) is 11.5 Å². The summed E-state index contributed by atoms with van der Waals surface area (Å²) < 4.78 is 29.3. The van der Waals surface area contributed by atoms with E-state index >= 15 is 0 Å². The number of rotatable bonds is 5. The van der Waals surface area contributed by atoms with Gasteiger partial charge in [0.25, 0.3) is 0 Å². The molecular formula is C31H37NO8. The second kappa shape index (κ2) is 9.38. The van der Waals surface area contributed by atoms with Crippen molar-refractivity contribution in [2.45, 2.75) is 87.4 Å². The van der Waals surface area contributed by atoms with Crippen molar-refractivity contribution in [2.24, 2.45) is 0 Å². The molecule has 9 nitrogen and oxygen atoms in total. The molecule has 2 aliphatic carbocycles. The number of carbonyl (C=O) groups excluding carboxylic acids is 2. The summed E-state index contributed by atoms with van der Waals surface area (Å²) in [6, 6.07) is 12.6. The summed E-state index contributed by atoms with van der Waals surface area (Å²) in [5, 5.41) is 12.4. The van der Waals surface area contributed by atoms with E-state index in [4.69, 9.17) is 23.7 Å². The van der Waals surface area contributed by atoms with Crippen LogP contribution in [0.3, 0.4) is 0 Å². The molecule has 1 saturated heterocycles. The lowest BCUT2D eigenvalue weighted by Gasteiger charge is -2.63. The van der Waals surface area contributed by atoms with Crippen LogP contribution in [0.4, 0.5) is 4.79 Å². The second-order valence-electron chi connectivity index (χ2n) is 12.4. The van der Waals surface area contributed by atoms with Crippen molar-refractivity contribution in [1.82, 2.24) is 4.90 Å². The Morgan fingerprint density at radius 2 is 1.88 bits per heavy atom. The number of hydrogen-bond acceptors (Lipinski definition) is 9. The van der Waals surface area contributed by atoms with Gasteiger partial charge in [0, 0.05) is 17.2 Å². The normalized spacial score (nSPS) is 30.9. The summed E-state index contributed by atoms with van der Waals surface area (Å²) >= 11 is 0. The van der Waals surface area contributed by atoms with Crippen molar-refractivity contribution in [1.29, 1.82) is 0 Å². The highest BCUT2D eigenvalue weighted by Crippen LogP contribution is 2.65. The van der Waals surface area contributed by atoms with Gasteiger partial charge in [-0.15, -0.1) is 0 Å². The Kier molecular flexibility index (Phi) is 6.31. The fraction of sp³-hybridized carbons (Fsp3) is 0.548. The van der Waals surface area contributed by atoms with Gasteiger partial charge in [-0.3, -0.25) is 0 Å². The topological polar surface area (TPSA) is 104 Å². The molecule has 6 atom stereocenters. The minimum absolute atomic E-state index is 0.0802. The van der Waals surface area contributed by atoms with Gasteiger partial charge in [-0.05, 0) is 71.7 Å². The minimum atomic E-state index is -1.32. The van der Waals surface area contributed by atoms with Crippen LogP contribution in [0.2, 0.25) is 0 Å². The van der Waals surface area contributed by atoms with Crippen LogP contribution in [0.5, 0.6) is 11.5 Å². The predicted molar refractivity (Wildman–Crippen MR) is 144 cm³/mol. The monoisotopic (exact) mass is 551 g/mol. The van der Waals surface area contributed by atoms with E-state index in [1.807, 2.05) is 12.1 Å². The molecule has 1 saturated carbocycles. The summed E-state index contributed by atoms with van der Waals surface area (Å²) in [6.07, 6.45) is -1.36. The highest BCUT2D eigenvalue weighted by molar-refractivity contribution is 5.79. The quantitative estimate of drug-likeness (QED) is 0.551. The smallest absolute Gasteiger partial charge is 0.493 e. The highest BCUT2D eigenvalue weighted by Gasteiger charge is 2.73. The van der Waals surface area contributed by atoms with Crippen LogP contribution in [-0.4, -0.2) is 72.3 Å². The third-order valence-electron chi connectivity index (χ3n) is 9.07. The van der Waals surface area contributed by atoms with Crippen LogP contribution in [0, 0.1) is 0 Å². The molecule has 40 heavy (non-hydrogen) atoms. The average molecular weight is 552 g/mol. The van der Waals surface area contributed by atoms with E-state index in [9.17, 15) is 14.7 Å². The number of hydrogen-bond donors (Lipinski definition) is 1. The molecule has 1 spiro atoms. The average Bonchev–Trinajstić information content (AvgIpc) is 3.26. The lowest BCUT2D eigenvalue weighted by molar-refractivity contribution is -0.216. The third kappa shape index (κ3) is 3.96. The Labute approximate surface area is 234 Å². The van der Waals surface area contributed by atoms with Crippen LogP contribution in [0.15, 0.2) is 42.5 Å². The number of nitrogens with zero attached hydrogens (tertiary/aromatic N) is 1. The SMILES string of the molecule is COc1ccc2c3c1O[C@H]1C(OC(=O)[C@@H](OC(=O)OC(C)(C)C)c4ccccc4)CC[C@@]4(O)[C@@H](C2)N(C)CC[C@]314. The van der Waals surface area contributed by atoms with Gasteiger partial charge in [0.15, 0.2) is 11.5 Å². The number of piperidine rings is 1. The standard InChI is InChI=1S/C31H37NO8/c1-29(2,3)40-28(34)39-24(18-9-7-6-8-10-18)27(33)37-21-13-14-31(35)22-17-19-11-12-20(36-5)25-23(19)30(31,26(21)38-25)15-16-32(22)4/h6-12,21-22,24,26,35H,13-17H2,1-5H3/t21?,22-,24+,26+,30+,31-/m1/s1. The molecule has 2 aromatic rings. The maximum absolute atomic E-state index is 13.8. The number of aliphatic hydroxyl groups is 1.